The van der Waals surface area contributed by atoms with Gasteiger partial charge in [-0.2, -0.15) is 0 Å². The molecule has 1 aliphatic rings. The summed E-state index contributed by atoms with van der Waals surface area (Å²) in [5.74, 6) is 0.762. The Labute approximate surface area is 155 Å². The van der Waals surface area contributed by atoms with Crippen LogP contribution in [0.4, 0.5) is 10.1 Å². The fourth-order valence-corrected chi connectivity index (χ4v) is 3.53. The topological polar surface area (TPSA) is 50.1 Å². The predicted octanol–water partition coefficient (Wildman–Crippen LogP) is 3.23. The Kier molecular flexibility index (Phi) is 5.55. The number of benzene rings is 1. The Morgan fingerprint density at radius 2 is 1.73 bits per heavy atom. The average Bonchev–Trinajstić information content (AvgIpc) is 3.14. The summed E-state index contributed by atoms with van der Waals surface area (Å²) < 4.78 is 15.1. The summed E-state index contributed by atoms with van der Waals surface area (Å²) in [7, 11) is 0. The quantitative estimate of drug-likeness (QED) is 0.792. The molecule has 0 bridgehead atoms. The average molecular weight is 360 g/mol. The molecule has 0 aliphatic carbocycles. The molecule has 2 aromatic rings. The fourth-order valence-electron chi connectivity index (χ4n) is 3.53. The number of rotatable bonds is 6. The van der Waals surface area contributed by atoms with E-state index in [0.29, 0.717) is 0 Å². The lowest BCUT2D eigenvalue weighted by atomic mass is 10.0. The van der Waals surface area contributed by atoms with Crippen molar-refractivity contribution in [3.05, 3.63) is 35.9 Å². The first kappa shape index (κ1) is 18.8. The van der Waals surface area contributed by atoms with E-state index in [1.807, 2.05) is 16.8 Å². The molecular formula is C19H29FN6. The molecule has 2 heterocycles. The van der Waals surface area contributed by atoms with Crippen molar-refractivity contribution in [3.63, 3.8) is 0 Å². The summed E-state index contributed by atoms with van der Waals surface area (Å²) >= 11 is 0. The second-order valence-electron chi connectivity index (χ2n) is 7.54. The number of hydrogen-bond acceptors (Lipinski definition) is 5. The molecule has 7 heteroatoms. The van der Waals surface area contributed by atoms with Crippen LogP contribution in [0.2, 0.25) is 0 Å². The van der Waals surface area contributed by atoms with Crippen LogP contribution < -0.4 is 4.90 Å². The minimum absolute atomic E-state index is 0.0951. The van der Waals surface area contributed by atoms with Crippen LogP contribution >= 0.6 is 0 Å². The second-order valence-corrected chi connectivity index (χ2v) is 7.54. The lowest BCUT2D eigenvalue weighted by Crippen LogP contribution is -2.48. The van der Waals surface area contributed by atoms with E-state index >= 15 is 0 Å². The first-order valence-electron chi connectivity index (χ1n) is 9.49. The van der Waals surface area contributed by atoms with Crippen LogP contribution in [-0.4, -0.2) is 51.3 Å². The van der Waals surface area contributed by atoms with E-state index in [2.05, 4.69) is 53.0 Å². The van der Waals surface area contributed by atoms with Gasteiger partial charge in [-0.15, -0.1) is 5.10 Å². The van der Waals surface area contributed by atoms with Gasteiger partial charge in [0.15, 0.2) is 5.82 Å². The third-order valence-electron chi connectivity index (χ3n) is 5.56. The second kappa shape index (κ2) is 7.70. The van der Waals surface area contributed by atoms with E-state index in [-0.39, 0.29) is 17.4 Å². The standard InChI is InChI=1S/C19H29FN6/c1-5-17(18-21-22-23-26(18)19(3,4)6-2)25-13-11-24(12-14-25)16-9-7-15(20)8-10-16/h7-10,17H,5-6,11-14H2,1-4H3/t17-/m0/s1. The zero-order chi connectivity index (χ0) is 18.7. The zero-order valence-corrected chi connectivity index (χ0v) is 16.2. The summed E-state index contributed by atoms with van der Waals surface area (Å²) in [6, 6.07) is 6.97. The summed E-state index contributed by atoms with van der Waals surface area (Å²) in [5, 5.41) is 12.6. The van der Waals surface area contributed by atoms with Crippen molar-refractivity contribution in [1.82, 2.24) is 25.1 Å². The minimum atomic E-state index is -0.191. The van der Waals surface area contributed by atoms with E-state index in [1.165, 1.54) is 12.1 Å². The van der Waals surface area contributed by atoms with Crippen LogP contribution in [-0.2, 0) is 5.54 Å². The van der Waals surface area contributed by atoms with Crippen molar-refractivity contribution in [2.45, 2.75) is 52.1 Å². The van der Waals surface area contributed by atoms with Gasteiger partial charge < -0.3 is 4.90 Å². The van der Waals surface area contributed by atoms with Crippen LogP contribution in [0.25, 0.3) is 0 Å². The molecule has 1 aliphatic heterocycles. The normalized spacial score (nSPS) is 17.5. The molecule has 1 aromatic carbocycles. The highest BCUT2D eigenvalue weighted by Crippen LogP contribution is 2.29. The molecule has 1 fully saturated rings. The number of halogens is 1. The molecule has 0 amide bonds. The number of aromatic nitrogens is 4. The minimum Gasteiger partial charge on any atom is -0.369 e. The molecule has 1 atom stereocenters. The molecule has 142 valence electrons. The fraction of sp³-hybridized carbons (Fsp3) is 0.632. The van der Waals surface area contributed by atoms with Gasteiger partial charge in [-0.1, -0.05) is 13.8 Å². The van der Waals surface area contributed by atoms with E-state index in [9.17, 15) is 4.39 Å². The van der Waals surface area contributed by atoms with Gasteiger partial charge in [0.1, 0.15) is 5.82 Å². The van der Waals surface area contributed by atoms with Gasteiger partial charge in [-0.25, -0.2) is 9.07 Å². The van der Waals surface area contributed by atoms with Gasteiger partial charge in [0.25, 0.3) is 0 Å². The zero-order valence-electron chi connectivity index (χ0n) is 16.2. The maximum absolute atomic E-state index is 13.1. The van der Waals surface area contributed by atoms with Crippen LogP contribution in [0.5, 0.6) is 0 Å². The number of hydrogen-bond donors (Lipinski definition) is 0. The van der Waals surface area contributed by atoms with Crippen LogP contribution in [0, 0.1) is 5.82 Å². The van der Waals surface area contributed by atoms with E-state index < -0.39 is 0 Å². The molecule has 0 N–H and O–H groups in total. The summed E-state index contributed by atoms with van der Waals surface area (Å²) in [6.07, 6.45) is 1.94. The van der Waals surface area contributed by atoms with Gasteiger partial charge in [0, 0.05) is 31.9 Å². The van der Waals surface area contributed by atoms with Crippen LogP contribution in [0.1, 0.15) is 52.4 Å². The third-order valence-corrected chi connectivity index (χ3v) is 5.56. The first-order valence-corrected chi connectivity index (χ1v) is 9.49. The Morgan fingerprint density at radius 3 is 2.31 bits per heavy atom. The molecule has 6 nitrogen and oxygen atoms in total. The smallest absolute Gasteiger partial charge is 0.168 e. The third kappa shape index (κ3) is 3.72. The van der Waals surface area contributed by atoms with Gasteiger partial charge >= 0.3 is 0 Å². The summed E-state index contributed by atoms with van der Waals surface area (Å²) in [5.41, 5.74) is 0.985. The highest BCUT2D eigenvalue weighted by Gasteiger charge is 2.32. The van der Waals surface area contributed by atoms with Crippen molar-refractivity contribution in [2.24, 2.45) is 0 Å². The maximum Gasteiger partial charge on any atom is 0.168 e. The molecular weight excluding hydrogens is 331 g/mol. The van der Waals surface area contributed by atoms with Gasteiger partial charge in [-0.05, 0) is 61.4 Å². The molecule has 3 rings (SSSR count). The Balaban J connectivity index is 1.72. The van der Waals surface area contributed by atoms with Crippen LogP contribution in [0.3, 0.4) is 0 Å². The SMILES string of the molecule is CC[C@@H](c1nnnn1C(C)(C)CC)N1CCN(c2ccc(F)cc2)CC1. The molecule has 0 unspecified atom stereocenters. The van der Waals surface area contributed by atoms with Gasteiger partial charge in [-0.3, -0.25) is 4.90 Å². The number of piperazine rings is 1. The lowest BCUT2D eigenvalue weighted by molar-refractivity contribution is 0.158. The van der Waals surface area contributed by atoms with E-state index in [4.69, 9.17) is 0 Å². The van der Waals surface area contributed by atoms with Crippen molar-refractivity contribution < 1.29 is 4.39 Å². The Bertz CT molecular complexity index is 703. The summed E-state index contributed by atoms with van der Waals surface area (Å²) in [4.78, 5) is 4.77. The number of tetrazole rings is 1. The van der Waals surface area contributed by atoms with E-state index in [0.717, 1.165) is 50.5 Å². The van der Waals surface area contributed by atoms with Crippen molar-refractivity contribution in [1.29, 1.82) is 0 Å². The molecule has 0 radical (unpaired) electrons. The lowest BCUT2D eigenvalue weighted by Gasteiger charge is -2.40. The van der Waals surface area contributed by atoms with Crippen molar-refractivity contribution in [2.75, 3.05) is 31.1 Å². The predicted molar refractivity (Wildman–Crippen MR) is 101 cm³/mol. The van der Waals surface area contributed by atoms with Gasteiger partial charge in [0.2, 0.25) is 0 Å². The number of anilines is 1. The molecule has 0 saturated carbocycles. The maximum atomic E-state index is 13.1. The monoisotopic (exact) mass is 360 g/mol. The van der Waals surface area contributed by atoms with Crippen molar-refractivity contribution >= 4 is 5.69 Å². The van der Waals surface area contributed by atoms with Crippen LogP contribution in [0.15, 0.2) is 24.3 Å². The molecule has 1 saturated heterocycles. The highest BCUT2D eigenvalue weighted by atomic mass is 19.1. The highest BCUT2D eigenvalue weighted by molar-refractivity contribution is 5.46. The summed E-state index contributed by atoms with van der Waals surface area (Å²) in [6.45, 7) is 12.4. The Hall–Kier alpha value is -2.02. The van der Waals surface area contributed by atoms with E-state index in [1.54, 1.807) is 0 Å². The van der Waals surface area contributed by atoms with Gasteiger partial charge in [0.05, 0.1) is 11.6 Å². The number of nitrogens with zero attached hydrogens (tertiary/aromatic N) is 6. The van der Waals surface area contributed by atoms with Crippen molar-refractivity contribution in [3.8, 4) is 0 Å². The Morgan fingerprint density at radius 1 is 1.08 bits per heavy atom. The molecule has 1 aromatic heterocycles. The molecule has 26 heavy (non-hydrogen) atoms. The first-order chi connectivity index (χ1) is 12.5. The molecule has 0 spiro atoms. The largest absolute Gasteiger partial charge is 0.369 e.